The molecular weight excluding hydrogens is 274 g/mol. The largest absolute Gasteiger partial charge is 0.353 e. The molecule has 2 heterocycles. The van der Waals surface area contributed by atoms with E-state index in [1.54, 1.807) is 0 Å². The Hall–Kier alpha value is -1.11. The summed E-state index contributed by atoms with van der Waals surface area (Å²) in [6.07, 6.45) is 3.70. The Morgan fingerprint density at radius 1 is 1.60 bits per heavy atom. The van der Waals surface area contributed by atoms with Crippen LogP contribution in [-0.4, -0.2) is 43.1 Å². The summed E-state index contributed by atoms with van der Waals surface area (Å²) in [5.74, 6) is 1.32. The van der Waals surface area contributed by atoms with Crippen LogP contribution in [0.3, 0.4) is 0 Å². The number of carbonyl (C=O) groups is 1. The third kappa shape index (κ3) is 3.94. The molecule has 1 saturated heterocycles. The van der Waals surface area contributed by atoms with Gasteiger partial charge in [-0.25, -0.2) is 0 Å². The second kappa shape index (κ2) is 6.56. The van der Waals surface area contributed by atoms with Gasteiger partial charge in [-0.05, 0) is 25.0 Å². The standard InChI is InChI=1S/C13H23N5OS/c1-4-5-10(11-15-17-18-16-11)12(19)14-9-6-7-20-13(2,3)8-9/h9-10H,4-8H2,1-3H3,(H,14,19)(H,15,16,17,18). The number of aromatic amines is 1. The zero-order valence-corrected chi connectivity index (χ0v) is 13.2. The fraction of sp³-hybridized carbons (Fsp3) is 0.846. The van der Waals surface area contributed by atoms with E-state index in [9.17, 15) is 4.79 Å². The molecule has 112 valence electrons. The molecule has 1 aliphatic rings. The van der Waals surface area contributed by atoms with Crippen molar-refractivity contribution in [1.29, 1.82) is 0 Å². The summed E-state index contributed by atoms with van der Waals surface area (Å²) in [7, 11) is 0. The van der Waals surface area contributed by atoms with Crippen LogP contribution >= 0.6 is 11.8 Å². The average Bonchev–Trinajstić information content (AvgIpc) is 2.88. The van der Waals surface area contributed by atoms with Gasteiger partial charge in [0.2, 0.25) is 5.91 Å². The average molecular weight is 297 g/mol. The number of nitrogens with one attached hydrogen (secondary N) is 2. The fourth-order valence-corrected chi connectivity index (χ4v) is 3.91. The van der Waals surface area contributed by atoms with E-state index in [0.29, 0.717) is 5.82 Å². The highest BCUT2D eigenvalue weighted by Crippen LogP contribution is 2.35. The van der Waals surface area contributed by atoms with Crippen LogP contribution in [-0.2, 0) is 4.79 Å². The van der Waals surface area contributed by atoms with Crippen LogP contribution in [0.4, 0.5) is 0 Å². The molecule has 0 radical (unpaired) electrons. The fourth-order valence-electron chi connectivity index (χ4n) is 2.64. The maximum atomic E-state index is 12.5. The minimum atomic E-state index is -0.295. The van der Waals surface area contributed by atoms with E-state index in [-0.39, 0.29) is 22.6 Å². The monoisotopic (exact) mass is 297 g/mol. The molecule has 2 N–H and O–H groups in total. The highest BCUT2D eigenvalue weighted by molar-refractivity contribution is 8.00. The van der Waals surface area contributed by atoms with Gasteiger partial charge in [-0.2, -0.15) is 17.0 Å². The van der Waals surface area contributed by atoms with Crippen molar-refractivity contribution >= 4 is 17.7 Å². The van der Waals surface area contributed by atoms with Crippen molar-refractivity contribution in [2.75, 3.05) is 5.75 Å². The molecule has 0 bridgehead atoms. The van der Waals surface area contributed by atoms with Crippen LogP contribution in [0.2, 0.25) is 0 Å². The first-order valence-electron chi connectivity index (χ1n) is 7.19. The zero-order chi connectivity index (χ0) is 14.6. The lowest BCUT2D eigenvalue weighted by Gasteiger charge is -2.35. The molecule has 0 saturated carbocycles. The molecule has 0 spiro atoms. The Bertz CT molecular complexity index is 434. The van der Waals surface area contributed by atoms with Crippen LogP contribution in [0.25, 0.3) is 0 Å². The van der Waals surface area contributed by atoms with E-state index in [2.05, 4.69) is 46.7 Å². The topological polar surface area (TPSA) is 83.6 Å². The Kier molecular flexibility index (Phi) is 5.01. The van der Waals surface area contributed by atoms with Crippen LogP contribution < -0.4 is 5.32 Å². The first-order valence-corrected chi connectivity index (χ1v) is 8.18. The number of carbonyl (C=O) groups excluding carboxylic acids is 1. The van der Waals surface area contributed by atoms with Crippen LogP contribution in [0.5, 0.6) is 0 Å². The molecule has 2 atom stereocenters. The van der Waals surface area contributed by atoms with E-state index in [0.717, 1.165) is 31.4 Å². The summed E-state index contributed by atoms with van der Waals surface area (Å²) in [5, 5.41) is 17.1. The summed E-state index contributed by atoms with van der Waals surface area (Å²) in [6, 6.07) is 0.255. The van der Waals surface area contributed by atoms with E-state index in [1.165, 1.54) is 0 Å². The van der Waals surface area contributed by atoms with Gasteiger partial charge in [0.25, 0.3) is 0 Å². The molecule has 1 fully saturated rings. The smallest absolute Gasteiger partial charge is 0.231 e. The Balaban J connectivity index is 1.98. The maximum absolute atomic E-state index is 12.5. The van der Waals surface area contributed by atoms with Crippen LogP contribution in [0.15, 0.2) is 0 Å². The quantitative estimate of drug-likeness (QED) is 0.867. The van der Waals surface area contributed by atoms with Crippen LogP contribution in [0.1, 0.15) is 58.2 Å². The zero-order valence-electron chi connectivity index (χ0n) is 12.3. The molecular formula is C13H23N5OS. The first-order chi connectivity index (χ1) is 9.52. The molecule has 6 nitrogen and oxygen atoms in total. The Morgan fingerprint density at radius 3 is 3.00 bits per heavy atom. The van der Waals surface area contributed by atoms with E-state index >= 15 is 0 Å². The SMILES string of the molecule is CCCC(C(=O)NC1CCSC(C)(C)C1)c1nn[nH]n1. The normalized spacial score (nSPS) is 23.2. The van der Waals surface area contributed by atoms with Gasteiger partial charge < -0.3 is 5.32 Å². The molecule has 1 aromatic heterocycles. The lowest BCUT2D eigenvalue weighted by molar-refractivity contribution is -0.123. The van der Waals surface area contributed by atoms with Gasteiger partial charge in [-0.3, -0.25) is 4.79 Å². The number of aromatic nitrogens is 4. The summed E-state index contributed by atoms with van der Waals surface area (Å²) in [5.41, 5.74) is 0. The first kappa shape index (κ1) is 15.3. The molecule has 7 heteroatoms. The third-order valence-electron chi connectivity index (χ3n) is 3.61. The number of amides is 1. The van der Waals surface area contributed by atoms with Gasteiger partial charge in [-0.1, -0.05) is 32.4 Å². The number of rotatable bonds is 5. The lowest BCUT2D eigenvalue weighted by Crippen LogP contribution is -2.44. The number of H-pyrrole nitrogens is 1. The van der Waals surface area contributed by atoms with Crippen molar-refractivity contribution in [3.63, 3.8) is 0 Å². The number of thioether (sulfide) groups is 1. The van der Waals surface area contributed by atoms with Crippen molar-refractivity contribution in [3.8, 4) is 0 Å². The Labute approximate surface area is 123 Å². The van der Waals surface area contributed by atoms with E-state index in [4.69, 9.17) is 0 Å². The molecule has 1 amide bonds. The molecule has 2 unspecified atom stereocenters. The highest BCUT2D eigenvalue weighted by Gasteiger charge is 2.32. The van der Waals surface area contributed by atoms with Crippen LogP contribution in [0, 0.1) is 0 Å². The number of hydrogen-bond donors (Lipinski definition) is 2. The summed E-state index contributed by atoms with van der Waals surface area (Å²) < 4.78 is 0.239. The van der Waals surface area contributed by atoms with Gasteiger partial charge >= 0.3 is 0 Å². The number of nitrogens with zero attached hydrogens (tertiary/aromatic N) is 3. The van der Waals surface area contributed by atoms with Crippen molar-refractivity contribution in [1.82, 2.24) is 25.9 Å². The molecule has 0 aliphatic carbocycles. The lowest BCUT2D eigenvalue weighted by atomic mass is 9.97. The van der Waals surface area contributed by atoms with E-state index in [1.807, 2.05) is 11.8 Å². The van der Waals surface area contributed by atoms with Gasteiger partial charge in [0.15, 0.2) is 5.82 Å². The van der Waals surface area contributed by atoms with Gasteiger partial charge in [-0.15, -0.1) is 10.2 Å². The number of tetrazole rings is 1. The minimum absolute atomic E-state index is 0.0287. The highest BCUT2D eigenvalue weighted by atomic mass is 32.2. The second-order valence-corrected chi connectivity index (χ2v) is 7.72. The van der Waals surface area contributed by atoms with Gasteiger partial charge in [0.1, 0.15) is 5.92 Å². The molecule has 1 aromatic rings. The van der Waals surface area contributed by atoms with Crippen molar-refractivity contribution in [3.05, 3.63) is 5.82 Å². The minimum Gasteiger partial charge on any atom is -0.353 e. The van der Waals surface area contributed by atoms with Crippen molar-refractivity contribution in [2.24, 2.45) is 0 Å². The summed E-state index contributed by atoms with van der Waals surface area (Å²) >= 11 is 1.98. The molecule has 20 heavy (non-hydrogen) atoms. The van der Waals surface area contributed by atoms with Gasteiger partial charge in [0.05, 0.1) is 0 Å². The summed E-state index contributed by atoms with van der Waals surface area (Å²) in [4.78, 5) is 12.5. The third-order valence-corrected chi connectivity index (χ3v) is 5.00. The molecule has 0 aromatic carbocycles. The van der Waals surface area contributed by atoms with Crippen molar-refractivity contribution in [2.45, 2.75) is 63.2 Å². The predicted octanol–water partition coefficient (Wildman–Crippen LogP) is 1.87. The Morgan fingerprint density at radius 2 is 2.40 bits per heavy atom. The van der Waals surface area contributed by atoms with Crippen molar-refractivity contribution < 1.29 is 4.79 Å². The van der Waals surface area contributed by atoms with Gasteiger partial charge in [0, 0.05) is 10.8 Å². The molecule has 1 aliphatic heterocycles. The van der Waals surface area contributed by atoms with E-state index < -0.39 is 0 Å². The molecule has 2 rings (SSSR count). The summed E-state index contributed by atoms with van der Waals surface area (Å²) in [6.45, 7) is 6.53. The predicted molar refractivity (Wildman–Crippen MR) is 79.5 cm³/mol. The second-order valence-electron chi connectivity index (χ2n) is 5.92. The maximum Gasteiger partial charge on any atom is 0.231 e. The number of hydrogen-bond acceptors (Lipinski definition) is 5.